The van der Waals surface area contributed by atoms with Gasteiger partial charge in [0.05, 0.1) is 10.7 Å². The molecule has 1 heterocycles. The van der Waals surface area contributed by atoms with E-state index in [9.17, 15) is 9.90 Å². The number of nitrogens with zero attached hydrogens (tertiary/aromatic N) is 1. The van der Waals surface area contributed by atoms with Crippen LogP contribution in [0.1, 0.15) is 11.9 Å². The molecule has 0 bridgehead atoms. The number of hydrogen-bond donors (Lipinski definition) is 1. The number of thiazole rings is 1. The molecule has 0 saturated heterocycles. The van der Waals surface area contributed by atoms with E-state index < -0.39 is 5.60 Å². The van der Waals surface area contributed by atoms with Crippen LogP contribution in [0.25, 0.3) is 11.3 Å². The Bertz CT molecular complexity index is 505. The van der Waals surface area contributed by atoms with E-state index in [-0.39, 0.29) is 6.42 Å². The van der Waals surface area contributed by atoms with Crippen LogP contribution in [0.15, 0.2) is 35.7 Å². The van der Waals surface area contributed by atoms with Gasteiger partial charge in [-0.25, -0.2) is 4.98 Å². The molecule has 1 unspecified atom stereocenters. The van der Waals surface area contributed by atoms with Gasteiger partial charge in [0.15, 0.2) is 6.29 Å². The zero-order chi connectivity index (χ0) is 12.3. The number of rotatable bonds is 4. The highest BCUT2D eigenvalue weighted by molar-refractivity contribution is 7.10. The second-order valence-electron chi connectivity index (χ2n) is 4.14. The molecule has 1 aromatic heterocycles. The van der Waals surface area contributed by atoms with Crippen molar-refractivity contribution in [3.05, 3.63) is 40.7 Å². The van der Waals surface area contributed by atoms with Crippen LogP contribution in [0.5, 0.6) is 0 Å². The Kier molecular flexibility index (Phi) is 3.36. The number of hydrogen-bond acceptors (Lipinski definition) is 4. The Morgan fingerprint density at radius 1 is 1.41 bits per heavy atom. The molecule has 0 spiro atoms. The summed E-state index contributed by atoms with van der Waals surface area (Å²) in [6.45, 7) is 1.49. The average Bonchev–Trinajstić information content (AvgIpc) is 2.78. The summed E-state index contributed by atoms with van der Waals surface area (Å²) in [5, 5.41) is 12.4. The minimum absolute atomic E-state index is 0.258. The minimum Gasteiger partial charge on any atom is -0.382 e. The lowest BCUT2D eigenvalue weighted by Gasteiger charge is -2.12. The Balaban J connectivity index is 2.20. The van der Waals surface area contributed by atoms with E-state index in [4.69, 9.17) is 0 Å². The molecule has 1 N–H and O–H groups in total. The van der Waals surface area contributed by atoms with Crippen LogP contribution < -0.4 is 0 Å². The third-order valence-electron chi connectivity index (χ3n) is 2.38. The molecule has 0 aliphatic rings. The van der Waals surface area contributed by atoms with Gasteiger partial charge in [-0.1, -0.05) is 30.3 Å². The van der Waals surface area contributed by atoms with E-state index in [1.165, 1.54) is 18.3 Å². The summed E-state index contributed by atoms with van der Waals surface area (Å²) in [6.07, 6.45) is 0.810. The van der Waals surface area contributed by atoms with E-state index in [1.807, 2.05) is 35.7 Å². The van der Waals surface area contributed by atoms with Gasteiger partial charge in [0.25, 0.3) is 0 Å². The largest absolute Gasteiger partial charge is 0.382 e. The highest BCUT2D eigenvalue weighted by Crippen LogP contribution is 2.23. The lowest BCUT2D eigenvalue weighted by Crippen LogP contribution is -2.28. The second-order valence-corrected chi connectivity index (χ2v) is 5.09. The summed E-state index contributed by atoms with van der Waals surface area (Å²) in [7, 11) is 0. The molecule has 17 heavy (non-hydrogen) atoms. The van der Waals surface area contributed by atoms with Gasteiger partial charge in [-0.3, -0.25) is 0 Å². The quantitative estimate of drug-likeness (QED) is 0.843. The van der Waals surface area contributed by atoms with Crippen molar-refractivity contribution in [2.45, 2.75) is 18.9 Å². The first-order chi connectivity index (χ1) is 8.11. The number of benzene rings is 1. The highest BCUT2D eigenvalue weighted by Gasteiger charge is 2.21. The van der Waals surface area contributed by atoms with Crippen molar-refractivity contribution in [2.75, 3.05) is 0 Å². The lowest BCUT2D eigenvalue weighted by atomic mass is 10.1. The van der Waals surface area contributed by atoms with Gasteiger partial charge in [0, 0.05) is 17.4 Å². The molecule has 3 nitrogen and oxygen atoms in total. The standard InChI is InChI=1S/C13H13NO2S/c1-13(16,9-15)7-12-14-11(8-17-12)10-5-3-2-4-6-10/h2-6,8-9,16H,7H2,1H3. The first-order valence-electron chi connectivity index (χ1n) is 5.29. The van der Waals surface area contributed by atoms with Gasteiger partial charge in [0.2, 0.25) is 0 Å². The summed E-state index contributed by atoms with van der Waals surface area (Å²) >= 11 is 1.46. The zero-order valence-corrected chi connectivity index (χ0v) is 10.3. The monoisotopic (exact) mass is 247 g/mol. The fourth-order valence-electron chi connectivity index (χ4n) is 1.48. The van der Waals surface area contributed by atoms with Gasteiger partial charge in [-0.2, -0.15) is 0 Å². The van der Waals surface area contributed by atoms with E-state index in [0.29, 0.717) is 6.29 Å². The fourth-order valence-corrected chi connectivity index (χ4v) is 2.44. The SMILES string of the molecule is CC(O)(C=O)Cc1nc(-c2ccccc2)cs1. The molecule has 2 rings (SSSR count). The van der Waals surface area contributed by atoms with Crippen molar-refractivity contribution in [2.24, 2.45) is 0 Å². The van der Waals surface area contributed by atoms with Crippen LogP contribution >= 0.6 is 11.3 Å². The first kappa shape index (κ1) is 12.0. The van der Waals surface area contributed by atoms with E-state index in [0.717, 1.165) is 16.3 Å². The molecule has 4 heteroatoms. The van der Waals surface area contributed by atoms with Crippen molar-refractivity contribution < 1.29 is 9.90 Å². The Morgan fingerprint density at radius 3 is 2.76 bits per heavy atom. The average molecular weight is 247 g/mol. The highest BCUT2D eigenvalue weighted by atomic mass is 32.1. The maximum absolute atomic E-state index is 10.6. The van der Waals surface area contributed by atoms with Gasteiger partial charge in [-0.05, 0) is 6.92 Å². The summed E-state index contributed by atoms with van der Waals surface area (Å²) in [6, 6.07) is 9.83. The van der Waals surface area contributed by atoms with Crippen molar-refractivity contribution in [1.82, 2.24) is 4.98 Å². The van der Waals surface area contributed by atoms with Crippen molar-refractivity contribution in [3.8, 4) is 11.3 Å². The minimum atomic E-state index is -1.33. The molecule has 2 aromatic rings. The number of carbonyl (C=O) groups excluding carboxylic acids is 1. The van der Waals surface area contributed by atoms with Crippen LogP contribution in [0.3, 0.4) is 0 Å². The molecule has 88 valence electrons. The van der Waals surface area contributed by atoms with Gasteiger partial charge < -0.3 is 9.90 Å². The van der Waals surface area contributed by atoms with Crippen molar-refractivity contribution in [1.29, 1.82) is 0 Å². The molecular formula is C13H13NO2S. The summed E-state index contributed by atoms with van der Waals surface area (Å²) in [5.41, 5.74) is 0.597. The lowest BCUT2D eigenvalue weighted by molar-refractivity contribution is -0.122. The Labute approximate surface area is 104 Å². The van der Waals surface area contributed by atoms with Crippen LogP contribution in [-0.4, -0.2) is 22.0 Å². The van der Waals surface area contributed by atoms with Crippen LogP contribution in [0, 0.1) is 0 Å². The first-order valence-corrected chi connectivity index (χ1v) is 6.17. The molecule has 1 atom stereocenters. The predicted molar refractivity (Wildman–Crippen MR) is 67.9 cm³/mol. The van der Waals surface area contributed by atoms with Crippen molar-refractivity contribution in [3.63, 3.8) is 0 Å². The normalized spacial score (nSPS) is 14.2. The van der Waals surface area contributed by atoms with Gasteiger partial charge in [0.1, 0.15) is 5.60 Å². The maximum Gasteiger partial charge on any atom is 0.151 e. The third-order valence-corrected chi connectivity index (χ3v) is 3.23. The second kappa shape index (κ2) is 4.77. The molecule has 0 radical (unpaired) electrons. The Morgan fingerprint density at radius 2 is 2.12 bits per heavy atom. The Hall–Kier alpha value is -1.52. The molecule has 0 aliphatic heterocycles. The molecular weight excluding hydrogens is 234 g/mol. The fraction of sp³-hybridized carbons (Fsp3) is 0.231. The number of aldehydes is 1. The number of carbonyl (C=O) groups is 1. The van der Waals surface area contributed by atoms with Crippen LogP contribution in [-0.2, 0) is 11.2 Å². The molecule has 0 aliphatic carbocycles. The van der Waals surface area contributed by atoms with Gasteiger partial charge >= 0.3 is 0 Å². The molecule has 0 amide bonds. The smallest absolute Gasteiger partial charge is 0.151 e. The molecule has 0 fully saturated rings. The number of aliphatic hydroxyl groups is 1. The topological polar surface area (TPSA) is 50.2 Å². The van der Waals surface area contributed by atoms with E-state index >= 15 is 0 Å². The summed E-state index contributed by atoms with van der Waals surface area (Å²) in [5.74, 6) is 0. The summed E-state index contributed by atoms with van der Waals surface area (Å²) in [4.78, 5) is 15.0. The van der Waals surface area contributed by atoms with Crippen molar-refractivity contribution >= 4 is 17.6 Å². The van der Waals surface area contributed by atoms with E-state index in [1.54, 1.807) is 0 Å². The molecule has 0 saturated carbocycles. The predicted octanol–water partition coefficient (Wildman–Crippen LogP) is 2.30. The van der Waals surface area contributed by atoms with Crippen LogP contribution in [0.4, 0.5) is 0 Å². The van der Waals surface area contributed by atoms with E-state index in [2.05, 4.69) is 4.98 Å². The molecule has 1 aromatic carbocycles. The maximum atomic E-state index is 10.6. The third kappa shape index (κ3) is 2.99. The zero-order valence-electron chi connectivity index (χ0n) is 9.46. The number of aromatic nitrogens is 1. The van der Waals surface area contributed by atoms with Crippen LogP contribution in [0.2, 0.25) is 0 Å². The summed E-state index contributed by atoms with van der Waals surface area (Å²) < 4.78 is 0. The van der Waals surface area contributed by atoms with Gasteiger partial charge in [-0.15, -0.1) is 11.3 Å².